The van der Waals surface area contributed by atoms with Crippen LogP contribution in [-0.4, -0.2) is 45.1 Å². The molecule has 1 fully saturated rings. The molecule has 3 aromatic carbocycles. The summed E-state index contributed by atoms with van der Waals surface area (Å²) in [4.78, 5) is 34.6. The summed E-state index contributed by atoms with van der Waals surface area (Å²) in [6, 6.07) is 19.7. The predicted molar refractivity (Wildman–Crippen MR) is 153 cm³/mol. The first-order valence-electron chi connectivity index (χ1n) is 11.5. The monoisotopic (exact) mass is 594 g/mol. The molecule has 3 amide bonds. The van der Waals surface area contributed by atoms with Gasteiger partial charge in [0.05, 0.1) is 5.69 Å². The molecular formula is C27H23Cl4FN4O2. The predicted octanol–water partition coefficient (Wildman–Crippen LogP) is 7.38. The van der Waals surface area contributed by atoms with E-state index in [1.807, 2.05) is 62.4 Å². The standard InChI is InChI=1S/C27H23Cl4FN4O2/c1-16-10-4-7-13-19(16)35(20-14-8-5-11-17(20)2)23(22(28)27(29,30)31)33-24-25(37)34(3)26(38)36(24)21-15-9-6-12-18(21)32/h4-15,22-23H,1-3H3. The van der Waals surface area contributed by atoms with Crippen molar-refractivity contribution in [2.45, 2.75) is 29.2 Å². The number of amides is 3. The fourth-order valence-corrected chi connectivity index (χ4v) is 4.67. The van der Waals surface area contributed by atoms with Gasteiger partial charge in [0.2, 0.25) is 9.63 Å². The van der Waals surface area contributed by atoms with Crippen LogP contribution in [0.3, 0.4) is 0 Å². The van der Waals surface area contributed by atoms with Crippen LogP contribution in [0.15, 0.2) is 77.8 Å². The van der Waals surface area contributed by atoms with Crippen LogP contribution >= 0.6 is 46.4 Å². The summed E-state index contributed by atoms with van der Waals surface area (Å²) in [7, 11) is 1.28. The molecule has 1 saturated heterocycles. The molecule has 4 rings (SSSR count). The molecule has 2 atom stereocenters. The quantitative estimate of drug-likeness (QED) is 0.221. The van der Waals surface area contributed by atoms with Crippen molar-refractivity contribution in [1.82, 2.24) is 4.90 Å². The number of alkyl halides is 4. The van der Waals surface area contributed by atoms with Gasteiger partial charge in [-0.15, -0.1) is 11.6 Å². The van der Waals surface area contributed by atoms with Gasteiger partial charge < -0.3 is 4.90 Å². The molecule has 198 valence electrons. The summed E-state index contributed by atoms with van der Waals surface area (Å²) in [6.45, 7) is 3.79. The highest BCUT2D eigenvalue weighted by Gasteiger charge is 2.47. The van der Waals surface area contributed by atoms with Gasteiger partial charge in [0.15, 0.2) is 0 Å². The zero-order valence-electron chi connectivity index (χ0n) is 20.6. The SMILES string of the molecule is Cc1ccccc1N(c1ccccc1C)C(N=C1C(=O)N(C)C(=O)N1c1ccccc1F)C(Cl)C(Cl)(Cl)Cl. The summed E-state index contributed by atoms with van der Waals surface area (Å²) in [5.74, 6) is -1.84. The van der Waals surface area contributed by atoms with Crippen molar-refractivity contribution >= 4 is 81.2 Å². The number of hydrogen-bond donors (Lipinski definition) is 0. The third-order valence-electron chi connectivity index (χ3n) is 6.12. The largest absolute Gasteiger partial charge is 0.337 e. The maximum absolute atomic E-state index is 14.8. The number of aryl methyl sites for hydroxylation is 2. The van der Waals surface area contributed by atoms with Gasteiger partial charge in [-0.25, -0.2) is 19.1 Å². The number of halogens is 5. The second-order valence-corrected chi connectivity index (χ2v) is 11.5. The molecule has 3 aromatic rings. The van der Waals surface area contributed by atoms with Gasteiger partial charge in [0.1, 0.15) is 17.4 Å². The molecule has 38 heavy (non-hydrogen) atoms. The summed E-state index contributed by atoms with van der Waals surface area (Å²) < 4.78 is 12.8. The second kappa shape index (κ2) is 11.1. The van der Waals surface area contributed by atoms with Crippen LogP contribution in [0.25, 0.3) is 0 Å². The van der Waals surface area contributed by atoms with E-state index in [0.29, 0.717) is 11.4 Å². The molecule has 0 bridgehead atoms. The van der Waals surface area contributed by atoms with Crippen LogP contribution < -0.4 is 9.80 Å². The molecule has 1 heterocycles. The fraction of sp³-hybridized carbons (Fsp3) is 0.222. The average molecular weight is 596 g/mol. The van der Waals surface area contributed by atoms with E-state index in [4.69, 9.17) is 46.4 Å². The number of carbonyl (C=O) groups is 2. The number of aliphatic imine (C=N–C) groups is 1. The van der Waals surface area contributed by atoms with Gasteiger partial charge in [-0.3, -0.25) is 9.69 Å². The van der Waals surface area contributed by atoms with Crippen LogP contribution in [0.1, 0.15) is 11.1 Å². The minimum atomic E-state index is -2.04. The average Bonchev–Trinajstić information content (AvgIpc) is 3.08. The van der Waals surface area contributed by atoms with Crippen LogP contribution in [-0.2, 0) is 4.79 Å². The van der Waals surface area contributed by atoms with Crippen molar-refractivity contribution in [3.63, 3.8) is 0 Å². The van der Waals surface area contributed by atoms with Gasteiger partial charge in [-0.05, 0) is 49.2 Å². The first kappa shape index (κ1) is 28.2. The first-order valence-corrected chi connectivity index (χ1v) is 13.1. The Hall–Kier alpha value is -2.84. The highest BCUT2D eigenvalue weighted by atomic mass is 35.6. The van der Waals surface area contributed by atoms with Gasteiger partial charge in [0, 0.05) is 18.4 Å². The molecule has 0 aromatic heterocycles. The molecule has 2 unspecified atom stereocenters. The lowest BCUT2D eigenvalue weighted by Crippen LogP contribution is -2.46. The van der Waals surface area contributed by atoms with Crippen molar-refractivity contribution in [3.05, 3.63) is 89.7 Å². The zero-order valence-corrected chi connectivity index (χ0v) is 23.6. The number of imide groups is 1. The van der Waals surface area contributed by atoms with E-state index in [1.165, 1.54) is 25.2 Å². The number of rotatable bonds is 6. The normalized spacial score (nSPS) is 16.8. The lowest BCUT2D eigenvalue weighted by Gasteiger charge is -2.38. The van der Waals surface area contributed by atoms with Crippen LogP contribution in [0.5, 0.6) is 0 Å². The highest BCUT2D eigenvalue weighted by molar-refractivity contribution is 6.70. The van der Waals surface area contributed by atoms with Crippen molar-refractivity contribution in [2.75, 3.05) is 16.8 Å². The lowest BCUT2D eigenvalue weighted by molar-refractivity contribution is -0.119. The Morgan fingerprint density at radius 3 is 1.87 bits per heavy atom. The molecule has 0 aliphatic carbocycles. The van der Waals surface area contributed by atoms with E-state index in [-0.39, 0.29) is 11.5 Å². The van der Waals surface area contributed by atoms with E-state index in [0.717, 1.165) is 20.9 Å². The topological polar surface area (TPSA) is 56.2 Å². The fourth-order valence-electron chi connectivity index (χ4n) is 4.17. The summed E-state index contributed by atoms with van der Waals surface area (Å²) in [5.41, 5.74) is 2.92. The number of para-hydroxylation sites is 3. The number of urea groups is 1. The minimum Gasteiger partial charge on any atom is -0.317 e. The van der Waals surface area contributed by atoms with Gasteiger partial charge in [-0.1, -0.05) is 83.3 Å². The van der Waals surface area contributed by atoms with E-state index >= 15 is 0 Å². The maximum Gasteiger partial charge on any atom is 0.337 e. The number of anilines is 3. The van der Waals surface area contributed by atoms with Gasteiger partial charge in [-0.2, -0.15) is 0 Å². The van der Waals surface area contributed by atoms with E-state index in [9.17, 15) is 14.0 Å². The van der Waals surface area contributed by atoms with Gasteiger partial charge in [0.25, 0.3) is 5.91 Å². The maximum atomic E-state index is 14.8. The van der Waals surface area contributed by atoms with Crippen molar-refractivity contribution in [3.8, 4) is 0 Å². The third-order valence-corrected chi connectivity index (χ3v) is 7.72. The third kappa shape index (κ3) is 5.34. The molecule has 11 heteroatoms. The van der Waals surface area contributed by atoms with Crippen molar-refractivity contribution in [2.24, 2.45) is 4.99 Å². The molecule has 0 radical (unpaired) electrons. The molecule has 0 spiro atoms. The van der Waals surface area contributed by atoms with Crippen molar-refractivity contribution < 1.29 is 14.0 Å². The van der Waals surface area contributed by atoms with E-state index in [2.05, 4.69) is 4.99 Å². The first-order chi connectivity index (χ1) is 17.9. The molecular weight excluding hydrogens is 573 g/mol. The Morgan fingerprint density at radius 2 is 1.37 bits per heavy atom. The number of amidine groups is 1. The molecule has 0 saturated carbocycles. The van der Waals surface area contributed by atoms with Crippen LogP contribution in [0, 0.1) is 19.7 Å². The van der Waals surface area contributed by atoms with E-state index < -0.39 is 33.1 Å². The summed E-state index contributed by atoms with van der Waals surface area (Å²) >= 11 is 25.7. The Morgan fingerprint density at radius 1 is 0.868 bits per heavy atom. The summed E-state index contributed by atoms with van der Waals surface area (Å²) in [5, 5.41) is -1.32. The van der Waals surface area contributed by atoms with Crippen molar-refractivity contribution in [1.29, 1.82) is 0 Å². The Bertz CT molecular complexity index is 1370. The minimum absolute atomic E-state index is 0.147. The number of carbonyl (C=O) groups excluding carboxylic acids is 2. The number of nitrogens with zero attached hydrogens (tertiary/aromatic N) is 4. The molecule has 6 nitrogen and oxygen atoms in total. The number of hydrogen-bond acceptors (Lipinski definition) is 4. The number of likely N-dealkylation sites (N-methyl/N-ethyl adjacent to an activating group) is 1. The highest BCUT2D eigenvalue weighted by Crippen LogP contribution is 2.43. The molecule has 1 aliphatic rings. The Balaban J connectivity index is 2.01. The number of benzene rings is 3. The van der Waals surface area contributed by atoms with Gasteiger partial charge >= 0.3 is 6.03 Å². The summed E-state index contributed by atoms with van der Waals surface area (Å²) in [6.07, 6.45) is -1.22. The lowest BCUT2D eigenvalue weighted by atomic mass is 10.1. The Labute approximate surface area is 240 Å². The Kier molecular flexibility index (Phi) is 8.23. The second-order valence-electron chi connectivity index (χ2n) is 8.69. The molecule has 1 aliphatic heterocycles. The zero-order chi connectivity index (χ0) is 27.8. The smallest absolute Gasteiger partial charge is 0.317 e. The van der Waals surface area contributed by atoms with Crippen LogP contribution in [0.4, 0.5) is 26.2 Å². The van der Waals surface area contributed by atoms with Crippen LogP contribution in [0.2, 0.25) is 0 Å². The van der Waals surface area contributed by atoms with E-state index in [1.54, 1.807) is 11.0 Å². The molecule has 0 N–H and O–H groups in total.